The molecule has 2 aromatic rings. The second-order valence-electron chi connectivity index (χ2n) is 4.18. The molecular weight excluding hydrogens is 274 g/mol. The maximum Gasteiger partial charge on any atom is 0.357 e. The lowest BCUT2D eigenvalue weighted by Crippen LogP contribution is -2.15. The Morgan fingerprint density at radius 3 is 2.67 bits per heavy atom. The largest absolute Gasteiger partial charge is 0.495 e. The first kappa shape index (κ1) is 14.4. The van der Waals surface area contributed by atoms with Gasteiger partial charge in [0.1, 0.15) is 18.9 Å². The van der Waals surface area contributed by atoms with Crippen LogP contribution in [0.2, 0.25) is 0 Å². The highest BCUT2D eigenvalue weighted by Gasteiger charge is 2.22. The van der Waals surface area contributed by atoms with Crippen LogP contribution in [0.15, 0.2) is 18.2 Å². The van der Waals surface area contributed by atoms with Gasteiger partial charge in [-0.15, -0.1) is 0 Å². The molecular formula is C14H13N3O4. The van der Waals surface area contributed by atoms with Gasteiger partial charge in [0.05, 0.1) is 18.4 Å². The van der Waals surface area contributed by atoms with Crippen LogP contribution >= 0.6 is 0 Å². The summed E-state index contributed by atoms with van der Waals surface area (Å²) in [5, 5.41) is 18.3. The molecule has 0 spiro atoms. The number of methoxy groups -OCH3 is 1. The van der Waals surface area contributed by atoms with Crippen molar-refractivity contribution in [2.24, 2.45) is 0 Å². The van der Waals surface area contributed by atoms with Crippen molar-refractivity contribution in [3.63, 3.8) is 0 Å². The number of benzene rings is 1. The number of imidazole rings is 1. The zero-order valence-electron chi connectivity index (χ0n) is 11.7. The minimum absolute atomic E-state index is 0.0539. The number of carbonyl (C=O) groups is 1. The van der Waals surface area contributed by atoms with Gasteiger partial charge in [0, 0.05) is 5.56 Å². The van der Waals surface area contributed by atoms with E-state index in [9.17, 15) is 9.90 Å². The third-order valence-corrected chi connectivity index (χ3v) is 2.98. The first-order chi connectivity index (χ1) is 10.0. The summed E-state index contributed by atoms with van der Waals surface area (Å²) in [6, 6.07) is 6.90. The van der Waals surface area contributed by atoms with Gasteiger partial charge in [0.15, 0.2) is 11.5 Å². The standard InChI is InChI=1S/C14H13N3O4/c1-8-12(14(18)19)17(21-3)13(16-8)9-4-5-11(20-2)10(6-9)7-15/h4-6H,1-3H3,(H,18,19). The van der Waals surface area contributed by atoms with Gasteiger partial charge in [-0.05, 0) is 25.1 Å². The minimum Gasteiger partial charge on any atom is -0.495 e. The second kappa shape index (κ2) is 5.54. The molecule has 1 aromatic heterocycles. The van der Waals surface area contributed by atoms with E-state index in [2.05, 4.69) is 4.98 Å². The minimum atomic E-state index is -1.14. The second-order valence-corrected chi connectivity index (χ2v) is 4.18. The highest BCUT2D eigenvalue weighted by Crippen LogP contribution is 2.27. The predicted octanol–water partition coefficient (Wildman–Crippen LogP) is 1.50. The monoisotopic (exact) mass is 287 g/mol. The fourth-order valence-corrected chi connectivity index (χ4v) is 2.05. The van der Waals surface area contributed by atoms with Crippen LogP contribution in [0.1, 0.15) is 21.7 Å². The molecule has 0 saturated carbocycles. The molecule has 1 heterocycles. The van der Waals surface area contributed by atoms with Crippen molar-refractivity contribution in [2.75, 3.05) is 14.2 Å². The van der Waals surface area contributed by atoms with E-state index >= 15 is 0 Å². The molecule has 0 amide bonds. The molecule has 0 atom stereocenters. The number of nitrogens with zero attached hydrogens (tertiary/aromatic N) is 3. The van der Waals surface area contributed by atoms with Crippen molar-refractivity contribution in [1.29, 1.82) is 5.26 Å². The van der Waals surface area contributed by atoms with Gasteiger partial charge in [-0.3, -0.25) is 0 Å². The Bertz CT molecular complexity index is 743. The van der Waals surface area contributed by atoms with Gasteiger partial charge < -0.3 is 14.7 Å². The molecule has 7 heteroatoms. The van der Waals surface area contributed by atoms with Gasteiger partial charge in [0.2, 0.25) is 0 Å². The maximum atomic E-state index is 11.3. The van der Waals surface area contributed by atoms with E-state index in [1.807, 2.05) is 6.07 Å². The van der Waals surface area contributed by atoms with Gasteiger partial charge in [-0.2, -0.15) is 9.99 Å². The molecule has 1 aromatic carbocycles. The summed E-state index contributed by atoms with van der Waals surface area (Å²) in [4.78, 5) is 20.6. The molecule has 0 aliphatic rings. The van der Waals surface area contributed by atoms with Gasteiger partial charge in [0.25, 0.3) is 0 Å². The molecule has 21 heavy (non-hydrogen) atoms. The SMILES string of the molecule is COc1ccc(-c2nc(C)c(C(=O)O)n2OC)cc1C#N. The number of hydrogen-bond acceptors (Lipinski definition) is 5. The van der Waals surface area contributed by atoms with Crippen LogP contribution in [-0.4, -0.2) is 35.0 Å². The number of ether oxygens (including phenoxy) is 1. The molecule has 0 aliphatic carbocycles. The summed E-state index contributed by atoms with van der Waals surface area (Å²) in [5.41, 5.74) is 1.16. The topological polar surface area (TPSA) is 97.4 Å². The Balaban J connectivity index is 2.65. The van der Waals surface area contributed by atoms with Crippen molar-refractivity contribution in [1.82, 2.24) is 9.71 Å². The smallest absolute Gasteiger partial charge is 0.357 e. The molecule has 7 nitrogen and oxygen atoms in total. The normalized spacial score (nSPS) is 10.0. The fourth-order valence-electron chi connectivity index (χ4n) is 2.05. The van der Waals surface area contributed by atoms with Crippen molar-refractivity contribution in [2.45, 2.75) is 6.92 Å². The number of rotatable bonds is 4. The Kier molecular flexibility index (Phi) is 3.80. The van der Waals surface area contributed by atoms with E-state index in [1.54, 1.807) is 25.1 Å². The summed E-state index contributed by atoms with van der Waals surface area (Å²) < 4.78 is 6.20. The van der Waals surface area contributed by atoms with Gasteiger partial charge in [-0.25, -0.2) is 9.78 Å². The molecule has 0 unspecified atom stereocenters. The molecule has 0 saturated heterocycles. The van der Waals surface area contributed by atoms with Crippen LogP contribution in [-0.2, 0) is 0 Å². The number of carboxylic acid groups (broad SMARTS) is 1. The molecule has 108 valence electrons. The Morgan fingerprint density at radius 2 is 2.14 bits per heavy atom. The average molecular weight is 287 g/mol. The quantitative estimate of drug-likeness (QED) is 0.915. The molecule has 1 N–H and O–H groups in total. The van der Waals surface area contributed by atoms with E-state index < -0.39 is 5.97 Å². The van der Waals surface area contributed by atoms with Crippen molar-refractivity contribution < 1.29 is 19.5 Å². The van der Waals surface area contributed by atoms with E-state index in [4.69, 9.17) is 14.8 Å². The lowest BCUT2D eigenvalue weighted by Gasteiger charge is -2.09. The fraction of sp³-hybridized carbons (Fsp3) is 0.214. The first-order valence-electron chi connectivity index (χ1n) is 5.99. The number of carboxylic acids is 1. The summed E-state index contributed by atoms with van der Waals surface area (Å²) in [6.45, 7) is 1.58. The molecule has 2 rings (SSSR count). The highest BCUT2D eigenvalue weighted by molar-refractivity contribution is 5.88. The number of hydrogen-bond donors (Lipinski definition) is 1. The lowest BCUT2D eigenvalue weighted by molar-refractivity contribution is 0.0640. The van der Waals surface area contributed by atoms with Crippen LogP contribution in [0, 0.1) is 18.3 Å². The predicted molar refractivity (Wildman–Crippen MR) is 73.1 cm³/mol. The van der Waals surface area contributed by atoms with E-state index in [1.165, 1.54) is 14.2 Å². The van der Waals surface area contributed by atoms with Crippen molar-refractivity contribution in [3.8, 4) is 23.2 Å². The van der Waals surface area contributed by atoms with E-state index in [0.29, 0.717) is 28.4 Å². The van der Waals surface area contributed by atoms with Crippen LogP contribution in [0.3, 0.4) is 0 Å². The molecule has 0 aliphatic heterocycles. The summed E-state index contributed by atoms with van der Waals surface area (Å²) in [6.07, 6.45) is 0. The number of aromatic carboxylic acids is 1. The summed E-state index contributed by atoms with van der Waals surface area (Å²) in [5.74, 6) is -0.388. The summed E-state index contributed by atoms with van der Waals surface area (Å²) >= 11 is 0. The average Bonchev–Trinajstić information content (AvgIpc) is 2.83. The first-order valence-corrected chi connectivity index (χ1v) is 5.99. The molecule has 0 bridgehead atoms. The third-order valence-electron chi connectivity index (χ3n) is 2.98. The van der Waals surface area contributed by atoms with Crippen LogP contribution in [0.25, 0.3) is 11.4 Å². The zero-order valence-corrected chi connectivity index (χ0v) is 11.7. The Hall–Kier alpha value is -3.01. The zero-order chi connectivity index (χ0) is 15.6. The molecule has 0 radical (unpaired) electrons. The Morgan fingerprint density at radius 1 is 1.43 bits per heavy atom. The summed E-state index contributed by atoms with van der Waals surface area (Å²) in [7, 11) is 2.82. The van der Waals surface area contributed by atoms with Crippen LogP contribution < -0.4 is 9.57 Å². The van der Waals surface area contributed by atoms with Gasteiger partial charge in [-0.1, -0.05) is 0 Å². The van der Waals surface area contributed by atoms with Crippen LogP contribution in [0.4, 0.5) is 0 Å². The number of aromatic nitrogens is 2. The Labute approximate surface area is 120 Å². The lowest BCUT2D eigenvalue weighted by atomic mass is 10.1. The van der Waals surface area contributed by atoms with Crippen molar-refractivity contribution in [3.05, 3.63) is 35.2 Å². The van der Waals surface area contributed by atoms with Gasteiger partial charge >= 0.3 is 5.97 Å². The molecule has 0 fully saturated rings. The van der Waals surface area contributed by atoms with E-state index in [0.717, 1.165) is 4.73 Å². The maximum absolute atomic E-state index is 11.3. The highest BCUT2D eigenvalue weighted by atomic mass is 16.6. The van der Waals surface area contributed by atoms with Crippen molar-refractivity contribution >= 4 is 5.97 Å². The number of aryl methyl sites for hydroxylation is 1. The third kappa shape index (κ3) is 2.39. The van der Waals surface area contributed by atoms with Crippen LogP contribution in [0.5, 0.6) is 5.75 Å². The van der Waals surface area contributed by atoms with E-state index in [-0.39, 0.29) is 5.69 Å². The number of nitriles is 1.